The highest BCUT2D eigenvalue weighted by atomic mass is 79.9. The van der Waals surface area contributed by atoms with E-state index in [2.05, 4.69) is 31.4 Å². The smallest absolute Gasteiger partial charge is 0.270 e. The quantitative estimate of drug-likeness (QED) is 0.209. The van der Waals surface area contributed by atoms with Crippen LogP contribution in [0.2, 0.25) is 0 Å². The first-order valence-corrected chi connectivity index (χ1v) is 11.0. The molecule has 4 aromatic rings. The maximum Gasteiger partial charge on any atom is 0.270 e. The summed E-state index contributed by atoms with van der Waals surface area (Å²) in [5, 5.41) is 24.9. The molecule has 0 aliphatic rings. The predicted molar refractivity (Wildman–Crippen MR) is 125 cm³/mol. The number of rotatable bonds is 6. The Morgan fingerprint density at radius 2 is 1.71 bits per heavy atom. The molecule has 0 saturated heterocycles. The van der Waals surface area contributed by atoms with Gasteiger partial charge in [-0.3, -0.25) is 14.9 Å². The van der Waals surface area contributed by atoms with Gasteiger partial charge in [-0.05, 0) is 22.0 Å². The topological polar surface area (TPSA) is 98.0 Å². The van der Waals surface area contributed by atoms with Gasteiger partial charge in [0.05, 0.1) is 16.4 Å². The Morgan fingerprint density at radius 1 is 1.00 bits per heavy atom. The molecule has 31 heavy (non-hydrogen) atoms. The summed E-state index contributed by atoms with van der Waals surface area (Å²) in [6, 6.07) is 21.8. The van der Waals surface area contributed by atoms with Gasteiger partial charge in [0.15, 0.2) is 0 Å². The summed E-state index contributed by atoms with van der Waals surface area (Å²) < 4.78 is 0.442. The lowest BCUT2D eigenvalue weighted by molar-refractivity contribution is -0.384. The number of carbonyl (C=O) groups excluding carboxylic acids is 1. The van der Waals surface area contributed by atoms with Crippen LogP contribution in [0.1, 0.15) is 0 Å². The van der Waals surface area contributed by atoms with Crippen molar-refractivity contribution in [1.82, 2.24) is 10.2 Å². The number of carbonyl (C=O) groups is 1. The molecule has 1 N–H and O–H groups in total. The lowest BCUT2D eigenvalue weighted by Crippen LogP contribution is -2.14. The molecule has 0 aliphatic carbocycles. The number of thioether (sulfide) groups is 1. The van der Waals surface area contributed by atoms with Gasteiger partial charge in [0.25, 0.3) is 5.69 Å². The summed E-state index contributed by atoms with van der Waals surface area (Å²) in [5.41, 5.74) is 2.18. The monoisotopic (exact) mass is 494 g/mol. The third-order valence-corrected chi connectivity index (χ3v) is 6.12. The van der Waals surface area contributed by atoms with Gasteiger partial charge in [-0.25, -0.2) is 0 Å². The molecule has 9 heteroatoms. The van der Waals surface area contributed by atoms with Crippen LogP contribution in [0.4, 0.5) is 11.4 Å². The van der Waals surface area contributed by atoms with Crippen LogP contribution < -0.4 is 5.32 Å². The molecular weight excluding hydrogens is 480 g/mol. The third-order valence-electron chi connectivity index (χ3n) is 4.48. The van der Waals surface area contributed by atoms with Crippen LogP contribution in [-0.4, -0.2) is 26.8 Å². The Hall–Kier alpha value is -3.30. The lowest BCUT2D eigenvalue weighted by atomic mass is 10.1. The minimum Gasteiger partial charge on any atom is -0.324 e. The number of nitro benzene ring substituents is 1. The first-order valence-electron chi connectivity index (χ1n) is 9.20. The van der Waals surface area contributed by atoms with Gasteiger partial charge >= 0.3 is 0 Å². The summed E-state index contributed by atoms with van der Waals surface area (Å²) in [7, 11) is 0. The maximum absolute atomic E-state index is 12.4. The molecule has 1 heterocycles. The van der Waals surface area contributed by atoms with Crippen molar-refractivity contribution in [3.05, 3.63) is 87.4 Å². The minimum atomic E-state index is -0.491. The zero-order chi connectivity index (χ0) is 21.8. The molecule has 0 bridgehead atoms. The molecule has 0 spiro atoms. The van der Waals surface area contributed by atoms with E-state index in [1.165, 1.54) is 30.0 Å². The summed E-state index contributed by atoms with van der Waals surface area (Å²) >= 11 is 4.54. The average molecular weight is 495 g/mol. The molecule has 1 aromatic heterocycles. The van der Waals surface area contributed by atoms with Crippen molar-refractivity contribution in [2.75, 3.05) is 11.1 Å². The van der Waals surface area contributed by atoms with E-state index in [4.69, 9.17) is 0 Å². The molecule has 3 aromatic carbocycles. The number of hydrogen-bond donors (Lipinski definition) is 1. The van der Waals surface area contributed by atoms with Crippen molar-refractivity contribution in [3.8, 4) is 11.3 Å². The third kappa shape index (κ3) is 4.73. The summed E-state index contributed by atoms with van der Waals surface area (Å²) in [6.07, 6.45) is 0. The number of anilines is 1. The van der Waals surface area contributed by atoms with Gasteiger partial charge in [0, 0.05) is 32.9 Å². The van der Waals surface area contributed by atoms with Crippen molar-refractivity contribution in [2.45, 2.75) is 5.03 Å². The van der Waals surface area contributed by atoms with Gasteiger partial charge in [0.1, 0.15) is 10.7 Å². The van der Waals surface area contributed by atoms with Gasteiger partial charge in [-0.15, -0.1) is 10.2 Å². The Balaban J connectivity index is 1.52. The highest BCUT2D eigenvalue weighted by Crippen LogP contribution is 2.32. The van der Waals surface area contributed by atoms with Crippen LogP contribution in [0.5, 0.6) is 0 Å². The molecule has 0 unspecified atom stereocenters. The number of hydrogen-bond acceptors (Lipinski definition) is 6. The van der Waals surface area contributed by atoms with E-state index in [0.717, 1.165) is 22.0 Å². The van der Waals surface area contributed by atoms with E-state index in [0.29, 0.717) is 15.2 Å². The fourth-order valence-electron chi connectivity index (χ4n) is 3.03. The summed E-state index contributed by atoms with van der Waals surface area (Å²) in [5.74, 6) is -0.134. The van der Waals surface area contributed by atoms with Crippen LogP contribution in [0.3, 0.4) is 0 Å². The molecule has 0 radical (unpaired) electrons. The number of aromatic nitrogens is 2. The first kappa shape index (κ1) is 21.0. The van der Waals surface area contributed by atoms with E-state index >= 15 is 0 Å². The molecule has 1 amide bonds. The van der Waals surface area contributed by atoms with Crippen LogP contribution in [0.25, 0.3) is 22.0 Å². The van der Waals surface area contributed by atoms with Gasteiger partial charge in [0.2, 0.25) is 5.91 Å². The SMILES string of the molecule is O=C(CSc1nnc(-c2ccccc2)c2ccccc12)Nc1ccc([N+](=O)[O-])cc1Br. The number of nitro groups is 1. The predicted octanol–water partition coefficient (Wildman–Crippen LogP) is 5.70. The van der Waals surface area contributed by atoms with E-state index in [1.807, 2.05) is 54.6 Å². The Bertz CT molecular complexity index is 1280. The molecule has 0 atom stereocenters. The molecule has 4 rings (SSSR count). The highest BCUT2D eigenvalue weighted by Gasteiger charge is 2.14. The van der Waals surface area contributed by atoms with Gasteiger partial charge in [-0.2, -0.15) is 0 Å². The summed E-state index contributed by atoms with van der Waals surface area (Å²) in [4.78, 5) is 22.8. The first-order chi connectivity index (χ1) is 15.0. The number of fused-ring (bicyclic) bond motifs is 1. The minimum absolute atomic E-state index is 0.0560. The van der Waals surface area contributed by atoms with Crippen LogP contribution in [0.15, 0.2) is 82.3 Å². The van der Waals surface area contributed by atoms with Crippen molar-refractivity contribution < 1.29 is 9.72 Å². The fraction of sp³-hybridized carbons (Fsp3) is 0.0455. The molecular formula is C22H15BrN4O3S. The molecule has 0 saturated carbocycles. The standard InChI is InChI=1S/C22H15BrN4O3S/c23-18-12-15(27(29)30)10-11-19(18)24-20(28)13-31-22-17-9-5-4-8-16(17)21(25-26-22)14-6-2-1-3-7-14/h1-12H,13H2,(H,24,28). The second-order valence-corrected chi connectivity index (χ2v) is 8.34. The lowest BCUT2D eigenvalue weighted by Gasteiger charge is -2.10. The maximum atomic E-state index is 12.4. The Labute approximate surface area is 190 Å². The second-order valence-electron chi connectivity index (χ2n) is 6.52. The number of nitrogens with one attached hydrogen (secondary N) is 1. The fourth-order valence-corrected chi connectivity index (χ4v) is 4.27. The molecule has 7 nitrogen and oxygen atoms in total. The van der Waals surface area contributed by atoms with Gasteiger partial charge in [-0.1, -0.05) is 66.4 Å². The van der Waals surface area contributed by atoms with Crippen LogP contribution in [0, 0.1) is 10.1 Å². The molecule has 0 aliphatic heterocycles. The number of amides is 1. The number of benzene rings is 3. The molecule has 154 valence electrons. The Morgan fingerprint density at radius 3 is 2.42 bits per heavy atom. The van der Waals surface area contributed by atoms with E-state index in [9.17, 15) is 14.9 Å². The highest BCUT2D eigenvalue weighted by molar-refractivity contribution is 9.10. The van der Waals surface area contributed by atoms with Crippen LogP contribution in [-0.2, 0) is 4.79 Å². The average Bonchev–Trinajstić information content (AvgIpc) is 2.79. The Kier molecular flexibility index (Phi) is 6.24. The van der Waals surface area contributed by atoms with E-state index < -0.39 is 4.92 Å². The second kappa shape index (κ2) is 9.23. The number of nitrogens with zero attached hydrogens (tertiary/aromatic N) is 3. The molecule has 0 fully saturated rings. The van der Waals surface area contributed by atoms with Gasteiger partial charge < -0.3 is 5.32 Å². The summed E-state index contributed by atoms with van der Waals surface area (Å²) in [6.45, 7) is 0. The van der Waals surface area contributed by atoms with Crippen LogP contribution >= 0.6 is 27.7 Å². The van der Waals surface area contributed by atoms with Crippen molar-refractivity contribution >= 4 is 55.7 Å². The van der Waals surface area contributed by atoms with Crippen molar-refractivity contribution in [2.24, 2.45) is 0 Å². The number of halogens is 1. The van der Waals surface area contributed by atoms with E-state index in [-0.39, 0.29) is 17.3 Å². The van der Waals surface area contributed by atoms with E-state index in [1.54, 1.807) is 0 Å². The zero-order valence-electron chi connectivity index (χ0n) is 16.0. The zero-order valence-corrected chi connectivity index (χ0v) is 18.4. The van der Waals surface area contributed by atoms with Crippen molar-refractivity contribution in [3.63, 3.8) is 0 Å². The van der Waals surface area contributed by atoms with Crippen molar-refractivity contribution in [1.29, 1.82) is 0 Å². The largest absolute Gasteiger partial charge is 0.324 e. The normalized spacial score (nSPS) is 10.7. The number of non-ortho nitro benzene ring substituents is 1.